The summed E-state index contributed by atoms with van der Waals surface area (Å²) >= 11 is 0. The van der Waals surface area contributed by atoms with Gasteiger partial charge in [0.2, 0.25) is 0 Å². The maximum absolute atomic E-state index is 13.4. The number of anilines is 1. The van der Waals surface area contributed by atoms with Gasteiger partial charge in [0.15, 0.2) is 0 Å². The Bertz CT molecular complexity index is 802. The zero-order chi connectivity index (χ0) is 17.2. The number of pyridine rings is 2. The molecule has 0 amide bonds. The predicted molar refractivity (Wildman–Crippen MR) is 92.3 cm³/mol. The van der Waals surface area contributed by atoms with E-state index < -0.39 is 0 Å². The number of nitriles is 1. The van der Waals surface area contributed by atoms with Gasteiger partial charge in [-0.25, -0.2) is 9.37 Å². The highest BCUT2D eigenvalue weighted by Crippen LogP contribution is 2.34. The third-order valence-corrected chi connectivity index (χ3v) is 5.33. The molecule has 2 aromatic rings. The molecule has 0 aliphatic carbocycles. The van der Waals surface area contributed by atoms with Gasteiger partial charge in [-0.05, 0) is 49.1 Å². The number of halogens is 1. The van der Waals surface area contributed by atoms with E-state index in [-0.39, 0.29) is 5.82 Å². The Morgan fingerprint density at radius 3 is 3.00 bits per heavy atom. The van der Waals surface area contributed by atoms with E-state index in [1.807, 2.05) is 6.07 Å². The summed E-state index contributed by atoms with van der Waals surface area (Å²) in [5.41, 5.74) is 1.54. The number of nitrogens with zero attached hydrogens (tertiary/aromatic N) is 5. The van der Waals surface area contributed by atoms with Gasteiger partial charge in [0.25, 0.3) is 0 Å². The van der Waals surface area contributed by atoms with E-state index in [4.69, 9.17) is 0 Å². The lowest BCUT2D eigenvalue weighted by Crippen LogP contribution is -2.48. The van der Waals surface area contributed by atoms with Crippen LogP contribution in [0.1, 0.15) is 24.0 Å². The van der Waals surface area contributed by atoms with Crippen LogP contribution in [0.15, 0.2) is 36.8 Å². The van der Waals surface area contributed by atoms with Gasteiger partial charge in [-0.1, -0.05) is 0 Å². The van der Waals surface area contributed by atoms with Crippen molar-refractivity contribution in [2.24, 2.45) is 5.92 Å². The molecule has 0 aromatic carbocycles. The van der Waals surface area contributed by atoms with Gasteiger partial charge in [0.05, 0.1) is 11.8 Å². The van der Waals surface area contributed by atoms with Gasteiger partial charge in [-0.2, -0.15) is 5.26 Å². The maximum Gasteiger partial charge on any atom is 0.146 e. The molecule has 4 heterocycles. The van der Waals surface area contributed by atoms with E-state index in [2.05, 4.69) is 25.8 Å². The molecule has 2 atom stereocenters. The topological polar surface area (TPSA) is 56.1 Å². The van der Waals surface area contributed by atoms with Gasteiger partial charge in [-0.15, -0.1) is 0 Å². The maximum atomic E-state index is 13.4. The Morgan fingerprint density at radius 2 is 2.16 bits per heavy atom. The van der Waals surface area contributed by atoms with Crippen LogP contribution in [-0.4, -0.2) is 40.5 Å². The summed E-state index contributed by atoms with van der Waals surface area (Å²) in [5.74, 6) is 1.15. The number of piperidine rings is 1. The number of hydrogen-bond acceptors (Lipinski definition) is 5. The normalized spacial score (nSPS) is 23.3. The van der Waals surface area contributed by atoms with Crippen molar-refractivity contribution >= 4 is 5.82 Å². The molecule has 2 aliphatic rings. The van der Waals surface area contributed by atoms with Crippen LogP contribution < -0.4 is 4.90 Å². The molecule has 5 nitrogen and oxygen atoms in total. The number of fused-ring (bicyclic) bond motifs is 1. The molecule has 0 spiro atoms. The monoisotopic (exact) mass is 337 g/mol. The summed E-state index contributed by atoms with van der Waals surface area (Å²) in [7, 11) is 0. The molecule has 0 N–H and O–H groups in total. The van der Waals surface area contributed by atoms with Crippen LogP contribution in [0, 0.1) is 23.1 Å². The Kier molecular flexibility index (Phi) is 4.33. The summed E-state index contributed by atoms with van der Waals surface area (Å²) in [6.45, 7) is 3.53. The second kappa shape index (κ2) is 6.77. The predicted octanol–water partition coefficient (Wildman–Crippen LogP) is 2.59. The highest BCUT2D eigenvalue weighted by molar-refractivity contribution is 5.54. The SMILES string of the molecule is N#Cc1cccnc1N1CCC2CCN(Cc3cncc(F)c3)C2C1. The molecule has 0 saturated carbocycles. The fourth-order valence-electron chi connectivity index (χ4n) is 4.13. The second-order valence-corrected chi connectivity index (χ2v) is 6.82. The molecule has 2 unspecified atom stereocenters. The van der Waals surface area contributed by atoms with Gasteiger partial charge in [0.1, 0.15) is 17.7 Å². The quantitative estimate of drug-likeness (QED) is 0.862. The van der Waals surface area contributed by atoms with Crippen LogP contribution >= 0.6 is 0 Å². The lowest BCUT2D eigenvalue weighted by atomic mass is 9.92. The minimum atomic E-state index is -0.286. The van der Waals surface area contributed by atoms with Crippen molar-refractivity contribution in [3.05, 3.63) is 53.7 Å². The van der Waals surface area contributed by atoms with Gasteiger partial charge < -0.3 is 4.90 Å². The van der Waals surface area contributed by atoms with E-state index in [0.29, 0.717) is 24.1 Å². The molecule has 0 radical (unpaired) electrons. The standard InChI is InChI=1S/C19H20FN5/c20-17-8-14(10-22-11-17)12-24-6-3-15-4-7-25(13-18(15)24)19-16(9-21)2-1-5-23-19/h1-2,5,8,10-11,15,18H,3-4,6-7,12-13H2. The van der Waals surface area contributed by atoms with Crippen molar-refractivity contribution in [2.75, 3.05) is 24.5 Å². The third-order valence-electron chi connectivity index (χ3n) is 5.33. The lowest BCUT2D eigenvalue weighted by Gasteiger charge is -2.39. The molecule has 128 valence electrons. The molecule has 4 rings (SSSR count). The molecule has 2 saturated heterocycles. The molecule has 6 heteroatoms. The molecule has 0 bridgehead atoms. The first-order chi connectivity index (χ1) is 12.2. The molecule has 2 fully saturated rings. The molecule has 25 heavy (non-hydrogen) atoms. The fourth-order valence-corrected chi connectivity index (χ4v) is 4.13. The Balaban J connectivity index is 1.52. The zero-order valence-electron chi connectivity index (χ0n) is 14.0. The Labute approximate surface area is 146 Å². The highest BCUT2D eigenvalue weighted by atomic mass is 19.1. The van der Waals surface area contributed by atoms with Gasteiger partial charge >= 0.3 is 0 Å². The Hall–Kier alpha value is -2.52. The highest BCUT2D eigenvalue weighted by Gasteiger charge is 2.38. The number of aromatic nitrogens is 2. The average molecular weight is 337 g/mol. The lowest BCUT2D eigenvalue weighted by molar-refractivity contribution is 0.200. The summed E-state index contributed by atoms with van der Waals surface area (Å²) in [6.07, 6.45) is 7.00. The van der Waals surface area contributed by atoms with E-state index >= 15 is 0 Å². The first-order valence-electron chi connectivity index (χ1n) is 8.68. The van der Waals surface area contributed by atoms with E-state index in [9.17, 15) is 9.65 Å². The van der Waals surface area contributed by atoms with E-state index in [1.54, 1.807) is 24.5 Å². The van der Waals surface area contributed by atoms with Crippen molar-refractivity contribution < 1.29 is 4.39 Å². The Morgan fingerprint density at radius 1 is 1.28 bits per heavy atom. The fraction of sp³-hybridized carbons (Fsp3) is 0.421. The number of hydrogen-bond donors (Lipinski definition) is 0. The smallest absolute Gasteiger partial charge is 0.146 e. The van der Waals surface area contributed by atoms with Crippen LogP contribution in [0.3, 0.4) is 0 Å². The van der Waals surface area contributed by atoms with Crippen LogP contribution in [-0.2, 0) is 6.54 Å². The zero-order valence-corrected chi connectivity index (χ0v) is 14.0. The van der Waals surface area contributed by atoms with Gasteiger partial charge in [-0.3, -0.25) is 9.88 Å². The first kappa shape index (κ1) is 16.0. The second-order valence-electron chi connectivity index (χ2n) is 6.82. The average Bonchev–Trinajstić information content (AvgIpc) is 3.04. The van der Waals surface area contributed by atoms with Crippen LogP contribution in [0.5, 0.6) is 0 Å². The van der Waals surface area contributed by atoms with E-state index in [0.717, 1.165) is 37.4 Å². The molecule has 2 aromatic heterocycles. The summed E-state index contributed by atoms with van der Waals surface area (Å²) in [4.78, 5) is 13.0. The molecular weight excluding hydrogens is 317 g/mol. The first-order valence-corrected chi connectivity index (χ1v) is 8.68. The minimum Gasteiger partial charge on any atom is -0.354 e. The van der Waals surface area contributed by atoms with Crippen LogP contribution in [0.4, 0.5) is 10.2 Å². The molecular formula is C19H20FN5. The summed E-state index contributed by atoms with van der Waals surface area (Å²) in [5, 5.41) is 9.34. The number of likely N-dealkylation sites (tertiary alicyclic amines) is 1. The van der Waals surface area contributed by atoms with Crippen molar-refractivity contribution in [3.8, 4) is 6.07 Å². The minimum absolute atomic E-state index is 0.286. The van der Waals surface area contributed by atoms with Crippen molar-refractivity contribution in [2.45, 2.75) is 25.4 Å². The summed E-state index contributed by atoms with van der Waals surface area (Å²) in [6, 6.07) is 7.83. The summed E-state index contributed by atoms with van der Waals surface area (Å²) < 4.78 is 13.4. The largest absolute Gasteiger partial charge is 0.354 e. The van der Waals surface area contributed by atoms with Crippen molar-refractivity contribution in [1.29, 1.82) is 5.26 Å². The van der Waals surface area contributed by atoms with Crippen LogP contribution in [0.2, 0.25) is 0 Å². The van der Waals surface area contributed by atoms with Gasteiger partial charge in [0, 0.05) is 38.1 Å². The van der Waals surface area contributed by atoms with E-state index in [1.165, 1.54) is 12.6 Å². The van der Waals surface area contributed by atoms with Crippen molar-refractivity contribution in [3.63, 3.8) is 0 Å². The van der Waals surface area contributed by atoms with Crippen molar-refractivity contribution in [1.82, 2.24) is 14.9 Å². The van der Waals surface area contributed by atoms with Crippen LogP contribution in [0.25, 0.3) is 0 Å². The molecule has 2 aliphatic heterocycles. The number of rotatable bonds is 3. The third kappa shape index (κ3) is 3.20.